The van der Waals surface area contributed by atoms with Crippen LogP contribution >= 0.6 is 22.7 Å². The van der Waals surface area contributed by atoms with Crippen molar-refractivity contribution in [1.29, 1.82) is 0 Å². The second-order valence-corrected chi connectivity index (χ2v) is 14.7. The summed E-state index contributed by atoms with van der Waals surface area (Å²) in [5.41, 5.74) is 8.35. The standard InChI is InChI=1S/C46H29NS2/c1-2-10-37-33(8-1)9-7-13-42(37)47(36-25-27-46-41(29-36)39-12-4-6-15-44(39)49-46)35-23-20-31(21-24-35)30-16-18-32(19-17-30)34-22-26-45-40(28-34)38-11-3-5-14-43(38)48-45/h1-29H. The topological polar surface area (TPSA) is 3.24 Å². The minimum absolute atomic E-state index is 1.13. The fraction of sp³-hybridized carbons (Fsp3) is 0. The largest absolute Gasteiger partial charge is 0.310 e. The summed E-state index contributed by atoms with van der Waals surface area (Å²) in [6.07, 6.45) is 0. The summed E-state index contributed by atoms with van der Waals surface area (Å²) in [6.45, 7) is 0. The molecule has 3 heteroatoms. The highest BCUT2D eigenvalue weighted by Crippen LogP contribution is 2.43. The van der Waals surface area contributed by atoms with Gasteiger partial charge in [0.1, 0.15) is 0 Å². The van der Waals surface area contributed by atoms with Crippen molar-refractivity contribution in [3.05, 3.63) is 176 Å². The maximum absolute atomic E-state index is 2.41. The quantitative estimate of drug-likeness (QED) is 0.178. The van der Waals surface area contributed by atoms with Gasteiger partial charge in [0, 0.05) is 57.1 Å². The summed E-state index contributed by atoms with van der Waals surface area (Å²) in [5.74, 6) is 0. The van der Waals surface area contributed by atoms with Crippen LogP contribution in [0.15, 0.2) is 176 Å². The molecule has 0 saturated heterocycles. The molecule has 0 bridgehead atoms. The van der Waals surface area contributed by atoms with Gasteiger partial charge in [-0.25, -0.2) is 0 Å². The van der Waals surface area contributed by atoms with Gasteiger partial charge in [-0.3, -0.25) is 0 Å². The van der Waals surface area contributed by atoms with Gasteiger partial charge in [0.25, 0.3) is 0 Å². The fourth-order valence-electron chi connectivity index (χ4n) is 7.25. The normalized spacial score (nSPS) is 11.7. The third-order valence-corrected chi connectivity index (χ3v) is 12.0. The van der Waals surface area contributed by atoms with Crippen molar-refractivity contribution in [3.8, 4) is 22.3 Å². The van der Waals surface area contributed by atoms with Crippen LogP contribution in [0.25, 0.3) is 73.4 Å². The Bertz CT molecular complexity index is 2820. The average molecular weight is 660 g/mol. The Morgan fingerprint density at radius 3 is 1.47 bits per heavy atom. The highest BCUT2D eigenvalue weighted by molar-refractivity contribution is 7.26. The van der Waals surface area contributed by atoms with Crippen LogP contribution in [0.2, 0.25) is 0 Å². The molecule has 0 aliphatic carbocycles. The maximum Gasteiger partial charge on any atom is 0.0540 e. The summed E-state index contributed by atoms with van der Waals surface area (Å²) in [7, 11) is 0. The number of nitrogens with zero attached hydrogens (tertiary/aromatic N) is 1. The molecule has 10 rings (SSSR count). The number of hydrogen-bond donors (Lipinski definition) is 0. The van der Waals surface area contributed by atoms with Crippen molar-refractivity contribution in [3.63, 3.8) is 0 Å². The second kappa shape index (κ2) is 11.5. The molecule has 10 aromatic rings. The zero-order valence-electron chi connectivity index (χ0n) is 26.5. The molecule has 49 heavy (non-hydrogen) atoms. The molecule has 8 aromatic carbocycles. The predicted octanol–water partition coefficient (Wildman–Crippen LogP) is 14.4. The summed E-state index contributed by atoms with van der Waals surface area (Å²) in [5, 5.41) is 7.74. The van der Waals surface area contributed by atoms with Crippen molar-refractivity contribution in [2.24, 2.45) is 0 Å². The van der Waals surface area contributed by atoms with Gasteiger partial charge >= 0.3 is 0 Å². The summed E-state index contributed by atoms with van der Waals surface area (Å²) in [4.78, 5) is 2.41. The first-order chi connectivity index (χ1) is 24.3. The molecule has 2 heterocycles. The number of anilines is 3. The van der Waals surface area contributed by atoms with E-state index in [1.165, 1.54) is 79.1 Å². The van der Waals surface area contributed by atoms with Crippen LogP contribution in [-0.2, 0) is 0 Å². The second-order valence-electron chi connectivity index (χ2n) is 12.5. The molecule has 0 aliphatic heterocycles. The van der Waals surface area contributed by atoms with Gasteiger partial charge in [-0.2, -0.15) is 0 Å². The van der Waals surface area contributed by atoms with Gasteiger partial charge < -0.3 is 4.90 Å². The van der Waals surface area contributed by atoms with E-state index >= 15 is 0 Å². The Morgan fingerprint density at radius 1 is 0.306 bits per heavy atom. The Kier molecular flexibility index (Phi) is 6.61. The lowest BCUT2D eigenvalue weighted by molar-refractivity contribution is 1.30. The van der Waals surface area contributed by atoms with Crippen LogP contribution in [0.1, 0.15) is 0 Å². The van der Waals surface area contributed by atoms with E-state index in [1.807, 2.05) is 22.7 Å². The van der Waals surface area contributed by atoms with Gasteiger partial charge in [0.2, 0.25) is 0 Å². The van der Waals surface area contributed by atoms with Crippen LogP contribution in [0.5, 0.6) is 0 Å². The maximum atomic E-state index is 2.41. The van der Waals surface area contributed by atoms with Crippen molar-refractivity contribution in [2.75, 3.05) is 4.90 Å². The van der Waals surface area contributed by atoms with Crippen molar-refractivity contribution in [2.45, 2.75) is 0 Å². The fourth-order valence-corrected chi connectivity index (χ4v) is 9.42. The van der Waals surface area contributed by atoms with Gasteiger partial charge in [-0.1, -0.05) is 115 Å². The van der Waals surface area contributed by atoms with Crippen LogP contribution in [0.4, 0.5) is 17.1 Å². The van der Waals surface area contributed by atoms with E-state index in [-0.39, 0.29) is 0 Å². The molecule has 2 aromatic heterocycles. The third-order valence-electron chi connectivity index (χ3n) is 9.68. The minimum atomic E-state index is 1.13. The Hall–Kier alpha value is -5.74. The van der Waals surface area contributed by atoms with Gasteiger partial charge in [-0.15, -0.1) is 22.7 Å². The first kappa shape index (κ1) is 28.3. The zero-order chi connectivity index (χ0) is 32.3. The minimum Gasteiger partial charge on any atom is -0.310 e. The van der Waals surface area contributed by atoms with Gasteiger partial charge in [0.15, 0.2) is 0 Å². The van der Waals surface area contributed by atoms with E-state index in [9.17, 15) is 0 Å². The first-order valence-corrected chi connectivity index (χ1v) is 18.2. The number of benzene rings is 8. The lowest BCUT2D eigenvalue weighted by Crippen LogP contribution is -2.10. The average Bonchev–Trinajstić information content (AvgIpc) is 3.73. The summed E-state index contributed by atoms with van der Waals surface area (Å²) >= 11 is 3.72. The van der Waals surface area contributed by atoms with Gasteiger partial charge in [-0.05, 0) is 88.3 Å². The number of fused-ring (bicyclic) bond motifs is 7. The smallest absolute Gasteiger partial charge is 0.0540 e. The van der Waals surface area contributed by atoms with E-state index in [1.54, 1.807) is 0 Å². The molecule has 0 unspecified atom stereocenters. The Labute approximate surface area is 292 Å². The Morgan fingerprint density at radius 2 is 0.776 bits per heavy atom. The molecule has 0 fully saturated rings. The van der Waals surface area contributed by atoms with E-state index in [0.29, 0.717) is 0 Å². The molecule has 1 nitrogen and oxygen atoms in total. The lowest BCUT2D eigenvalue weighted by atomic mass is 9.99. The lowest BCUT2D eigenvalue weighted by Gasteiger charge is -2.27. The van der Waals surface area contributed by atoms with Crippen molar-refractivity contribution < 1.29 is 0 Å². The highest BCUT2D eigenvalue weighted by atomic mass is 32.1. The highest BCUT2D eigenvalue weighted by Gasteiger charge is 2.17. The van der Waals surface area contributed by atoms with E-state index in [2.05, 4.69) is 181 Å². The summed E-state index contributed by atoms with van der Waals surface area (Å²) < 4.78 is 5.31. The van der Waals surface area contributed by atoms with Crippen LogP contribution in [0.3, 0.4) is 0 Å². The molecule has 0 amide bonds. The molecule has 0 N–H and O–H groups in total. The summed E-state index contributed by atoms with van der Waals surface area (Å²) in [6, 6.07) is 64.5. The van der Waals surface area contributed by atoms with Crippen LogP contribution in [0, 0.1) is 0 Å². The van der Waals surface area contributed by atoms with E-state index in [0.717, 1.165) is 11.4 Å². The molecule has 230 valence electrons. The molecule has 0 atom stereocenters. The molecular weight excluding hydrogens is 631 g/mol. The van der Waals surface area contributed by atoms with Crippen LogP contribution in [-0.4, -0.2) is 0 Å². The van der Waals surface area contributed by atoms with Crippen molar-refractivity contribution in [1.82, 2.24) is 0 Å². The molecule has 0 spiro atoms. The molecule has 0 aliphatic rings. The predicted molar refractivity (Wildman–Crippen MR) is 215 cm³/mol. The number of hydrogen-bond acceptors (Lipinski definition) is 3. The molecular formula is C46H29NS2. The van der Waals surface area contributed by atoms with Crippen molar-refractivity contribution >= 4 is 90.9 Å². The number of thiophene rings is 2. The van der Waals surface area contributed by atoms with Crippen LogP contribution < -0.4 is 4.90 Å². The number of rotatable bonds is 5. The monoisotopic (exact) mass is 659 g/mol. The SMILES string of the molecule is c1ccc2c(N(c3ccc(-c4ccc(-c5ccc6sc7ccccc7c6c5)cc4)cc3)c3ccc4sc5ccccc5c4c3)cccc2c1. The Balaban J connectivity index is 1.03. The third kappa shape index (κ3) is 4.82. The molecule has 0 radical (unpaired) electrons. The van der Waals surface area contributed by atoms with E-state index in [4.69, 9.17) is 0 Å². The van der Waals surface area contributed by atoms with Gasteiger partial charge in [0.05, 0.1) is 5.69 Å². The first-order valence-electron chi connectivity index (χ1n) is 16.6. The molecule has 0 saturated carbocycles. The van der Waals surface area contributed by atoms with E-state index < -0.39 is 0 Å². The zero-order valence-corrected chi connectivity index (χ0v) is 28.1.